The molecule has 3 N–H and O–H groups in total. The monoisotopic (exact) mass is 579 g/mol. The molecule has 0 bridgehead atoms. The lowest BCUT2D eigenvalue weighted by Crippen LogP contribution is -2.44. The summed E-state index contributed by atoms with van der Waals surface area (Å²) in [6, 6.07) is 0. The van der Waals surface area contributed by atoms with Crippen LogP contribution in [0.4, 0.5) is 5.82 Å². The van der Waals surface area contributed by atoms with Crippen molar-refractivity contribution < 1.29 is 23.9 Å². The van der Waals surface area contributed by atoms with Gasteiger partial charge in [0.1, 0.15) is 11.6 Å². The summed E-state index contributed by atoms with van der Waals surface area (Å²) in [5.74, 6) is 0.890. The minimum atomic E-state index is -0.447. The predicted octanol–water partition coefficient (Wildman–Crippen LogP) is 4.86. The van der Waals surface area contributed by atoms with Crippen LogP contribution in [0, 0.1) is 17.8 Å². The number of nitrogens with two attached hydrogens (primary N) is 1. The summed E-state index contributed by atoms with van der Waals surface area (Å²) in [6.07, 6.45) is 5.04. The lowest BCUT2D eigenvalue weighted by Gasteiger charge is -2.34. The van der Waals surface area contributed by atoms with Crippen LogP contribution in [0.2, 0.25) is 0 Å². The molecule has 2 rings (SSSR count). The molecule has 0 radical (unpaired) electrons. The molecule has 2 unspecified atom stereocenters. The van der Waals surface area contributed by atoms with Gasteiger partial charge in [0, 0.05) is 58.5 Å². The Kier molecular flexibility index (Phi) is 17.6. The molecular weight excluding hydrogens is 522 g/mol. The van der Waals surface area contributed by atoms with Gasteiger partial charge < -0.3 is 25.4 Å². The van der Waals surface area contributed by atoms with Crippen LogP contribution in [0.1, 0.15) is 104 Å². The van der Waals surface area contributed by atoms with Crippen LogP contribution in [0.15, 0.2) is 6.20 Å². The van der Waals surface area contributed by atoms with Crippen molar-refractivity contribution in [3.63, 3.8) is 0 Å². The number of ketones is 1. The molecule has 1 fully saturated rings. The highest BCUT2D eigenvalue weighted by Crippen LogP contribution is 2.27. The zero-order valence-corrected chi connectivity index (χ0v) is 27.5. The number of carbonyl (C=O) groups is 3. The number of hydrogen-bond donors (Lipinski definition) is 2. The number of hydrogen-bond acceptors (Lipinski definition) is 8. The average Bonchev–Trinajstić information content (AvgIpc) is 2.90. The number of nitrogens with one attached hydrogen (secondary N) is 1. The molecule has 2 atom stereocenters. The number of piperidine rings is 1. The van der Waals surface area contributed by atoms with Crippen LogP contribution >= 0.6 is 0 Å². The molecule has 0 aliphatic carbocycles. The second-order valence-corrected chi connectivity index (χ2v) is 13.0. The minimum absolute atomic E-state index is 0.0417. The Morgan fingerprint density at radius 2 is 1.76 bits per heavy atom. The number of aromatic nitrogens is 2. The molecule has 1 aromatic rings. The zero-order valence-electron chi connectivity index (χ0n) is 27.5. The van der Waals surface area contributed by atoms with E-state index >= 15 is 0 Å². The van der Waals surface area contributed by atoms with Gasteiger partial charge in [0.2, 0.25) is 12.3 Å². The van der Waals surface area contributed by atoms with Gasteiger partial charge in [0.15, 0.2) is 5.78 Å². The van der Waals surface area contributed by atoms with Gasteiger partial charge in [-0.1, -0.05) is 48.0 Å². The Bertz CT molecular complexity index is 924. The second-order valence-electron chi connectivity index (χ2n) is 13.0. The van der Waals surface area contributed by atoms with Crippen molar-refractivity contribution in [1.29, 1.82) is 0 Å². The fourth-order valence-electron chi connectivity index (χ4n) is 3.56. The maximum absolute atomic E-state index is 13.1. The van der Waals surface area contributed by atoms with Crippen molar-refractivity contribution in [2.24, 2.45) is 23.5 Å². The van der Waals surface area contributed by atoms with Crippen LogP contribution < -0.4 is 11.1 Å². The summed E-state index contributed by atoms with van der Waals surface area (Å²) in [6.45, 7) is 20.7. The number of carbonyl (C=O) groups excluding carboxylic acids is 3. The van der Waals surface area contributed by atoms with E-state index in [-0.39, 0.29) is 29.1 Å². The number of primary amides is 1. The van der Waals surface area contributed by atoms with Crippen molar-refractivity contribution in [1.82, 2.24) is 14.9 Å². The molecule has 2 heterocycles. The molecule has 1 aliphatic rings. The molecule has 1 aromatic heterocycles. The molecule has 1 aliphatic heterocycles. The summed E-state index contributed by atoms with van der Waals surface area (Å²) < 4.78 is 10.0. The van der Waals surface area contributed by atoms with Crippen LogP contribution in [-0.4, -0.2) is 79.0 Å². The van der Waals surface area contributed by atoms with Crippen molar-refractivity contribution in [2.75, 3.05) is 45.8 Å². The molecule has 0 spiro atoms. The van der Waals surface area contributed by atoms with E-state index in [9.17, 15) is 14.4 Å². The molecule has 236 valence electrons. The summed E-state index contributed by atoms with van der Waals surface area (Å²) in [7, 11) is 3.35. The highest BCUT2D eigenvalue weighted by atomic mass is 16.5. The number of Topliss-reactive ketones (excluding diaryl/α,β-unsaturated/α-hetero) is 1. The average molecular weight is 580 g/mol. The van der Waals surface area contributed by atoms with Crippen molar-refractivity contribution in [2.45, 2.75) is 99.0 Å². The molecule has 1 saturated heterocycles. The van der Waals surface area contributed by atoms with Crippen LogP contribution in [-0.2, 0) is 24.5 Å². The number of rotatable bonds is 11. The number of methoxy groups -OCH3 is 2. The van der Waals surface area contributed by atoms with E-state index in [1.165, 1.54) is 11.3 Å². The fraction of sp³-hybridized carbons (Fsp3) is 0.774. The van der Waals surface area contributed by atoms with Crippen molar-refractivity contribution in [3.8, 4) is 0 Å². The van der Waals surface area contributed by atoms with E-state index in [0.29, 0.717) is 56.3 Å². The second kappa shape index (κ2) is 18.8. The third kappa shape index (κ3) is 16.4. The largest absolute Gasteiger partial charge is 0.385 e. The first kappa shape index (κ1) is 38.4. The van der Waals surface area contributed by atoms with E-state index in [2.05, 4.69) is 36.1 Å². The molecular formula is C31H57N5O5. The SMILES string of the molecule is CCC(C)C.COC(C)(C)C.COCCCNc1nc(C(C)(C)C)ncc1C(=O)CC1CC(C(N)=O)CN(C=O)C1. The third-order valence-electron chi connectivity index (χ3n) is 6.60. The van der Waals surface area contributed by atoms with Gasteiger partial charge in [-0.2, -0.15) is 0 Å². The third-order valence-corrected chi connectivity index (χ3v) is 6.60. The van der Waals surface area contributed by atoms with E-state index in [0.717, 1.165) is 12.3 Å². The van der Waals surface area contributed by atoms with E-state index in [1.807, 2.05) is 41.5 Å². The highest BCUT2D eigenvalue weighted by Gasteiger charge is 2.32. The van der Waals surface area contributed by atoms with Gasteiger partial charge >= 0.3 is 0 Å². The van der Waals surface area contributed by atoms with Gasteiger partial charge in [-0.3, -0.25) is 14.4 Å². The highest BCUT2D eigenvalue weighted by molar-refractivity contribution is 6.00. The number of anilines is 1. The van der Waals surface area contributed by atoms with Crippen LogP contribution in [0.5, 0.6) is 0 Å². The van der Waals surface area contributed by atoms with Gasteiger partial charge in [0.25, 0.3) is 0 Å². The number of likely N-dealkylation sites (tertiary alicyclic amines) is 1. The van der Waals surface area contributed by atoms with Gasteiger partial charge in [0.05, 0.1) is 17.1 Å². The summed E-state index contributed by atoms with van der Waals surface area (Å²) in [4.78, 5) is 46.5. The standard InChI is InChI=1S/C21H33N5O4.C5H12O.C5H12/c1-21(2,3)20-24-10-16(19(25-20)23-6-5-7-30-4)17(28)9-14-8-15(18(22)29)12-26(11-14)13-27;1-5(2,3)6-4;1-4-5(2)3/h10,13-15H,5-9,11-12H2,1-4H3,(H2,22,29)(H,23,24,25);1-4H3;5H,4H2,1-3H3. The molecule has 10 heteroatoms. The Morgan fingerprint density at radius 3 is 2.20 bits per heavy atom. The van der Waals surface area contributed by atoms with Gasteiger partial charge in [-0.25, -0.2) is 9.97 Å². The Labute approximate surface area is 248 Å². The van der Waals surface area contributed by atoms with Crippen molar-refractivity contribution >= 4 is 23.9 Å². The van der Waals surface area contributed by atoms with Gasteiger partial charge in [-0.15, -0.1) is 0 Å². The summed E-state index contributed by atoms with van der Waals surface area (Å²) in [5.41, 5.74) is 5.64. The van der Waals surface area contributed by atoms with E-state index in [4.69, 9.17) is 15.2 Å². The normalized spacial score (nSPS) is 17.1. The minimum Gasteiger partial charge on any atom is -0.385 e. The Morgan fingerprint density at radius 1 is 1.17 bits per heavy atom. The summed E-state index contributed by atoms with van der Waals surface area (Å²) in [5, 5.41) is 3.23. The Hall–Kier alpha value is -2.59. The van der Waals surface area contributed by atoms with Crippen molar-refractivity contribution in [3.05, 3.63) is 17.6 Å². The van der Waals surface area contributed by atoms with Crippen LogP contribution in [0.3, 0.4) is 0 Å². The smallest absolute Gasteiger partial charge is 0.222 e. The first-order valence-electron chi connectivity index (χ1n) is 14.7. The first-order valence-corrected chi connectivity index (χ1v) is 14.7. The quantitative estimate of drug-likeness (QED) is 0.215. The molecule has 0 aromatic carbocycles. The number of ether oxygens (including phenoxy) is 2. The zero-order chi connectivity index (χ0) is 31.8. The van der Waals surface area contributed by atoms with E-state index < -0.39 is 11.8 Å². The molecule has 10 nitrogen and oxygen atoms in total. The molecule has 41 heavy (non-hydrogen) atoms. The predicted molar refractivity (Wildman–Crippen MR) is 165 cm³/mol. The molecule has 2 amide bonds. The lowest BCUT2D eigenvalue weighted by molar-refractivity contribution is -0.127. The van der Waals surface area contributed by atoms with Crippen LogP contribution in [0.25, 0.3) is 0 Å². The topological polar surface area (TPSA) is 137 Å². The summed E-state index contributed by atoms with van der Waals surface area (Å²) >= 11 is 0. The number of amides is 2. The van der Waals surface area contributed by atoms with E-state index in [1.54, 1.807) is 20.4 Å². The van der Waals surface area contributed by atoms with Gasteiger partial charge in [-0.05, 0) is 45.4 Å². The fourth-order valence-corrected chi connectivity index (χ4v) is 3.56. The Balaban J connectivity index is 0.00000123. The maximum Gasteiger partial charge on any atom is 0.222 e. The first-order chi connectivity index (χ1) is 19.0. The molecule has 0 saturated carbocycles. The lowest BCUT2D eigenvalue weighted by atomic mass is 9.85. The number of nitrogens with zero attached hydrogens (tertiary/aromatic N) is 3. The maximum atomic E-state index is 13.1.